The predicted octanol–water partition coefficient (Wildman–Crippen LogP) is 1.21. The summed E-state index contributed by atoms with van der Waals surface area (Å²) in [5, 5.41) is 0.0582. The van der Waals surface area contributed by atoms with Crippen LogP contribution >= 0.6 is 0 Å². The van der Waals surface area contributed by atoms with Gasteiger partial charge in [0, 0.05) is 12.8 Å². The number of rotatable bonds is 4. The molecule has 126 valence electrons. The number of fused-ring (bicyclic) bond motifs is 1. The summed E-state index contributed by atoms with van der Waals surface area (Å²) >= 11 is 0. The predicted molar refractivity (Wildman–Crippen MR) is 87.0 cm³/mol. The van der Waals surface area contributed by atoms with Gasteiger partial charge in [-0.2, -0.15) is 0 Å². The van der Waals surface area contributed by atoms with E-state index in [0.29, 0.717) is 5.56 Å². The van der Waals surface area contributed by atoms with Gasteiger partial charge in [-0.1, -0.05) is 13.8 Å². The molecule has 6 nitrogen and oxygen atoms in total. The molecule has 0 aliphatic rings. The maximum atomic E-state index is 13.7. The SMILES string of the molecule is Cc1cc2[nH]c(=O)n(CC(C)(C)CS(C)(=O)=O)c(=O)c2cc1F. The fourth-order valence-corrected chi connectivity index (χ4v) is 4.22. The summed E-state index contributed by atoms with van der Waals surface area (Å²) in [6.07, 6.45) is 1.10. The molecule has 23 heavy (non-hydrogen) atoms. The number of aryl methyl sites for hydroxylation is 1. The quantitative estimate of drug-likeness (QED) is 0.904. The first kappa shape index (κ1) is 17.4. The van der Waals surface area contributed by atoms with Gasteiger partial charge in [-0.25, -0.2) is 17.6 Å². The van der Waals surface area contributed by atoms with Crippen LogP contribution in [-0.2, 0) is 16.4 Å². The third-order valence-corrected chi connectivity index (χ3v) is 4.81. The molecule has 0 saturated carbocycles. The highest BCUT2D eigenvalue weighted by molar-refractivity contribution is 7.90. The van der Waals surface area contributed by atoms with Crippen molar-refractivity contribution in [3.05, 3.63) is 44.4 Å². The molecule has 1 N–H and O–H groups in total. The van der Waals surface area contributed by atoms with Crippen LogP contribution < -0.4 is 11.2 Å². The van der Waals surface area contributed by atoms with Crippen LogP contribution in [0.5, 0.6) is 0 Å². The van der Waals surface area contributed by atoms with Gasteiger partial charge < -0.3 is 4.98 Å². The number of H-pyrrole nitrogens is 1. The Morgan fingerprint density at radius 2 is 1.87 bits per heavy atom. The molecule has 0 bridgehead atoms. The molecule has 0 aliphatic heterocycles. The van der Waals surface area contributed by atoms with Crippen LogP contribution in [0.25, 0.3) is 10.9 Å². The van der Waals surface area contributed by atoms with Gasteiger partial charge >= 0.3 is 5.69 Å². The average Bonchev–Trinajstić information content (AvgIpc) is 2.34. The number of hydrogen-bond acceptors (Lipinski definition) is 4. The van der Waals surface area contributed by atoms with Gasteiger partial charge in [-0.05, 0) is 30.0 Å². The van der Waals surface area contributed by atoms with Crippen molar-refractivity contribution in [2.75, 3.05) is 12.0 Å². The van der Waals surface area contributed by atoms with Crippen LogP contribution in [0.15, 0.2) is 21.7 Å². The van der Waals surface area contributed by atoms with E-state index in [9.17, 15) is 22.4 Å². The smallest absolute Gasteiger partial charge is 0.307 e. The van der Waals surface area contributed by atoms with Gasteiger partial charge in [0.1, 0.15) is 15.7 Å². The van der Waals surface area contributed by atoms with Gasteiger partial charge in [0.25, 0.3) is 5.56 Å². The van der Waals surface area contributed by atoms with E-state index in [1.807, 2.05) is 0 Å². The highest BCUT2D eigenvalue weighted by Crippen LogP contribution is 2.19. The van der Waals surface area contributed by atoms with Crippen molar-refractivity contribution in [3.8, 4) is 0 Å². The summed E-state index contributed by atoms with van der Waals surface area (Å²) < 4.78 is 37.6. The summed E-state index contributed by atoms with van der Waals surface area (Å²) in [7, 11) is -3.27. The minimum atomic E-state index is -3.27. The normalized spacial score (nSPS) is 12.7. The van der Waals surface area contributed by atoms with Crippen LogP contribution in [0.3, 0.4) is 0 Å². The summed E-state index contributed by atoms with van der Waals surface area (Å²) in [4.78, 5) is 27.2. The van der Waals surface area contributed by atoms with E-state index in [1.54, 1.807) is 13.8 Å². The zero-order valence-corrected chi connectivity index (χ0v) is 14.3. The lowest BCUT2D eigenvalue weighted by molar-refractivity contribution is 0.334. The zero-order chi connectivity index (χ0) is 17.6. The Balaban J connectivity index is 2.60. The molecule has 1 aromatic heterocycles. The first-order valence-corrected chi connectivity index (χ1v) is 9.06. The molecule has 0 fully saturated rings. The van der Waals surface area contributed by atoms with Crippen molar-refractivity contribution < 1.29 is 12.8 Å². The monoisotopic (exact) mass is 342 g/mol. The Kier molecular flexibility index (Phi) is 4.23. The van der Waals surface area contributed by atoms with Crippen molar-refractivity contribution >= 4 is 20.7 Å². The van der Waals surface area contributed by atoms with Crippen LogP contribution in [0.4, 0.5) is 4.39 Å². The topological polar surface area (TPSA) is 89.0 Å². The molecule has 1 heterocycles. The Morgan fingerprint density at radius 3 is 2.43 bits per heavy atom. The van der Waals surface area contributed by atoms with E-state index in [1.165, 1.54) is 13.0 Å². The molecule has 0 saturated heterocycles. The lowest BCUT2D eigenvalue weighted by Gasteiger charge is -2.24. The fraction of sp³-hybridized carbons (Fsp3) is 0.467. The number of nitrogens with zero attached hydrogens (tertiary/aromatic N) is 1. The summed E-state index contributed by atoms with van der Waals surface area (Å²) in [5.41, 5.74) is -1.51. The van der Waals surface area contributed by atoms with Crippen LogP contribution in [-0.4, -0.2) is 30.0 Å². The van der Waals surface area contributed by atoms with E-state index in [2.05, 4.69) is 4.98 Å². The minimum absolute atomic E-state index is 0.0582. The lowest BCUT2D eigenvalue weighted by atomic mass is 9.96. The van der Waals surface area contributed by atoms with Crippen molar-refractivity contribution in [3.63, 3.8) is 0 Å². The summed E-state index contributed by atoms with van der Waals surface area (Å²) in [6, 6.07) is 2.49. The molecule has 2 aromatic rings. The molecular weight excluding hydrogens is 323 g/mol. The van der Waals surface area contributed by atoms with E-state index < -0.39 is 32.3 Å². The number of sulfone groups is 1. The van der Waals surface area contributed by atoms with Gasteiger partial charge in [-0.15, -0.1) is 0 Å². The van der Waals surface area contributed by atoms with Crippen molar-refractivity contribution in [2.24, 2.45) is 5.41 Å². The third-order valence-electron chi connectivity index (χ3n) is 3.50. The Morgan fingerprint density at radius 1 is 1.26 bits per heavy atom. The van der Waals surface area contributed by atoms with E-state index in [0.717, 1.165) is 16.9 Å². The van der Waals surface area contributed by atoms with Crippen LogP contribution in [0, 0.1) is 18.2 Å². The van der Waals surface area contributed by atoms with E-state index in [4.69, 9.17) is 0 Å². The average molecular weight is 342 g/mol. The minimum Gasteiger partial charge on any atom is -0.307 e. The number of hydrogen-bond donors (Lipinski definition) is 1. The van der Waals surface area contributed by atoms with E-state index in [-0.39, 0.29) is 23.2 Å². The van der Waals surface area contributed by atoms with Gasteiger partial charge in [-0.3, -0.25) is 9.36 Å². The van der Waals surface area contributed by atoms with Gasteiger partial charge in [0.05, 0.1) is 16.7 Å². The van der Waals surface area contributed by atoms with Crippen LogP contribution in [0.2, 0.25) is 0 Å². The highest BCUT2D eigenvalue weighted by atomic mass is 32.2. The number of aromatic nitrogens is 2. The molecule has 8 heteroatoms. The molecular formula is C15H19FN2O4S. The molecule has 0 spiro atoms. The number of aromatic amines is 1. The molecule has 0 radical (unpaired) electrons. The Labute approximate surface area is 132 Å². The maximum Gasteiger partial charge on any atom is 0.328 e. The second kappa shape index (κ2) is 5.59. The molecule has 2 rings (SSSR count). The number of benzene rings is 1. The standard InChI is InChI=1S/C15H19FN2O4S/c1-9-5-12-10(6-11(9)16)13(19)18(14(20)17-12)7-15(2,3)8-23(4,21)22/h5-6H,7-8H2,1-4H3,(H,17,20). The second-order valence-corrected chi connectivity index (χ2v) is 8.84. The zero-order valence-electron chi connectivity index (χ0n) is 13.4. The molecule has 0 amide bonds. The van der Waals surface area contributed by atoms with Gasteiger partial charge in [0.2, 0.25) is 0 Å². The third kappa shape index (κ3) is 3.87. The summed E-state index contributed by atoms with van der Waals surface area (Å²) in [5.74, 6) is -0.713. The Hall–Kier alpha value is -1.96. The molecule has 0 atom stereocenters. The lowest BCUT2D eigenvalue weighted by Crippen LogP contribution is -2.41. The molecule has 0 aliphatic carbocycles. The largest absolute Gasteiger partial charge is 0.328 e. The Bertz CT molecular complexity index is 987. The fourth-order valence-electron chi connectivity index (χ4n) is 2.71. The highest BCUT2D eigenvalue weighted by Gasteiger charge is 2.26. The van der Waals surface area contributed by atoms with Crippen LogP contribution in [0.1, 0.15) is 19.4 Å². The van der Waals surface area contributed by atoms with Crippen molar-refractivity contribution in [1.82, 2.24) is 9.55 Å². The van der Waals surface area contributed by atoms with Crippen molar-refractivity contribution in [1.29, 1.82) is 0 Å². The molecule has 1 aromatic carbocycles. The van der Waals surface area contributed by atoms with Gasteiger partial charge in [0.15, 0.2) is 0 Å². The number of halogens is 1. The van der Waals surface area contributed by atoms with Crippen molar-refractivity contribution in [2.45, 2.75) is 27.3 Å². The first-order valence-electron chi connectivity index (χ1n) is 7.00. The maximum absolute atomic E-state index is 13.7. The summed E-state index contributed by atoms with van der Waals surface area (Å²) in [6.45, 7) is 4.76. The molecule has 0 unspecified atom stereocenters. The number of nitrogens with one attached hydrogen (secondary N) is 1. The first-order chi connectivity index (χ1) is 10.4. The second-order valence-electron chi connectivity index (χ2n) is 6.70. The van der Waals surface area contributed by atoms with E-state index >= 15 is 0 Å².